The Hall–Kier alpha value is -3.06. The molecule has 0 radical (unpaired) electrons. The number of carbonyl (C=O) groups excluding carboxylic acids is 1. The van der Waals surface area contributed by atoms with Crippen LogP contribution in [0.15, 0.2) is 58.0 Å². The van der Waals surface area contributed by atoms with E-state index in [2.05, 4.69) is 15.3 Å². The number of nitrogens with zero attached hydrogens (tertiary/aromatic N) is 2. The van der Waals surface area contributed by atoms with Gasteiger partial charge in [-0.3, -0.25) is 4.79 Å². The zero-order valence-electron chi connectivity index (χ0n) is 15.6. The second-order valence-corrected chi connectivity index (χ2v) is 7.11. The highest BCUT2D eigenvalue weighted by Crippen LogP contribution is 2.33. The van der Waals surface area contributed by atoms with Crippen molar-refractivity contribution in [1.29, 1.82) is 0 Å². The van der Waals surface area contributed by atoms with Crippen molar-refractivity contribution in [3.8, 4) is 5.75 Å². The van der Waals surface area contributed by atoms with Crippen LogP contribution in [0.3, 0.4) is 0 Å². The van der Waals surface area contributed by atoms with Crippen LogP contribution in [0, 0.1) is 0 Å². The fraction of sp³-hybridized carbons (Fsp3) is 0.190. The Morgan fingerprint density at radius 3 is 2.86 bits per heavy atom. The minimum Gasteiger partial charge on any atom is -0.497 e. The van der Waals surface area contributed by atoms with E-state index in [0.717, 1.165) is 22.3 Å². The number of hydrogen-bond donors (Lipinski definition) is 1. The number of rotatable bonds is 6. The molecule has 2 aromatic carbocycles. The monoisotopic (exact) mass is 393 g/mol. The molecule has 0 bridgehead atoms. The Balaban J connectivity index is 1.57. The molecule has 2 aromatic heterocycles. The number of nitrogens with one attached hydrogen (secondary N) is 1. The van der Waals surface area contributed by atoms with E-state index in [1.54, 1.807) is 13.2 Å². The van der Waals surface area contributed by atoms with Crippen molar-refractivity contribution in [2.45, 2.75) is 18.4 Å². The molecule has 6 nitrogen and oxygen atoms in total. The molecule has 4 aromatic rings. The molecular formula is C21H19N3O3S. The first-order valence-corrected chi connectivity index (χ1v) is 9.91. The Morgan fingerprint density at radius 1 is 1.18 bits per heavy atom. The number of benzene rings is 2. The van der Waals surface area contributed by atoms with E-state index < -0.39 is 0 Å². The lowest BCUT2D eigenvalue weighted by Crippen LogP contribution is -2.14. The summed E-state index contributed by atoms with van der Waals surface area (Å²) >= 11 is 1.34. The maximum absolute atomic E-state index is 12.4. The quantitative estimate of drug-likeness (QED) is 0.379. The Labute approximate surface area is 166 Å². The number of methoxy groups -OCH3 is 1. The number of amides is 1. The molecule has 0 aliphatic heterocycles. The highest BCUT2D eigenvalue weighted by atomic mass is 32.2. The molecule has 1 N–H and O–H groups in total. The average Bonchev–Trinajstić information content (AvgIpc) is 3.11. The number of aromatic nitrogens is 2. The first-order chi connectivity index (χ1) is 13.7. The second kappa shape index (κ2) is 7.90. The lowest BCUT2D eigenvalue weighted by molar-refractivity contribution is -0.113. The van der Waals surface area contributed by atoms with E-state index in [4.69, 9.17) is 9.15 Å². The summed E-state index contributed by atoms with van der Waals surface area (Å²) in [5, 5.41) is 4.51. The Morgan fingerprint density at radius 2 is 2.04 bits per heavy atom. The maximum Gasteiger partial charge on any atom is 0.234 e. The molecule has 0 fully saturated rings. The highest BCUT2D eigenvalue weighted by molar-refractivity contribution is 8.00. The van der Waals surface area contributed by atoms with Crippen LogP contribution in [0.5, 0.6) is 5.75 Å². The fourth-order valence-electron chi connectivity index (χ4n) is 2.90. The van der Waals surface area contributed by atoms with Crippen molar-refractivity contribution in [2.75, 3.05) is 18.2 Å². The Bertz CT molecular complexity index is 1160. The van der Waals surface area contributed by atoms with E-state index in [-0.39, 0.29) is 11.7 Å². The van der Waals surface area contributed by atoms with Gasteiger partial charge in [-0.2, -0.15) is 0 Å². The third kappa shape index (κ3) is 3.66. The third-order valence-corrected chi connectivity index (χ3v) is 5.20. The number of fused-ring (bicyclic) bond motifs is 3. The summed E-state index contributed by atoms with van der Waals surface area (Å²) < 4.78 is 11.2. The smallest absolute Gasteiger partial charge is 0.234 e. The van der Waals surface area contributed by atoms with Crippen molar-refractivity contribution in [3.63, 3.8) is 0 Å². The molecule has 0 aliphatic rings. The van der Waals surface area contributed by atoms with Crippen LogP contribution in [0.2, 0.25) is 0 Å². The van der Waals surface area contributed by atoms with Crippen LogP contribution in [-0.4, -0.2) is 28.7 Å². The van der Waals surface area contributed by atoms with Crippen molar-refractivity contribution < 1.29 is 13.9 Å². The molecule has 2 heterocycles. The van der Waals surface area contributed by atoms with Crippen molar-refractivity contribution in [2.24, 2.45) is 0 Å². The van der Waals surface area contributed by atoms with Crippen LogP contribution in [0.25, 0.3) is 22.1 Å². The van der Waals surface area contributed by atoms with E-state index in [0.29, 0.717) is 28.5 Å². The van der Waals surface area contributed by atoms with E-state index in [1.165, 1.54) is 11.8 Å². The summed E-state index contributed by atoms with van der Waals surface area (Å²) in [6.45, 7) is 2.01. The van der Waals surface area contributed by atoms with Gasteiger partial charge in [0.2, 0.25) is 5.91 Å². The van der Waals surface area contributed by atoms with Crippen LogP contribution in [-0.2, 0) is 11.2 Å². The predicted octanol–water partition coefficient (Wildman–Crippen LogP) is 4.68. The van der Waals surface area contributed by atoms with Gasteiger partial charge in [0.25, 0.3) is 0 Å². The van der Waals surface area contributed by atoms with E-state index in [9.17, 15) is 4.79 Å². The molecule has 0 spiro atoms. The summed E-state index contributed by atoms with van der Waals surface area (Å²) in [6.07, 6.45) is 0.707. The van der Waals surface area contributed by atoms with Gasteiger partial charge in [-0.15, -0.1) is 0 Å². The normalized spacial score (nSPS) is 11.1. The van der Waals surface area contributed by atoms with Gasteiger partial charge < -0.3 is 14.5 Å². The molecule has 0 saturated heterocycles. The van der Waals surface area contributed by atoms with Gasteiger partial charge >= 0.3 is 0 Å². The summed E-state index contributed by atoms with van der Waals surface area (Å²) in [4.78, 5) is 21.6. The van der Waals surface area contributed by atoms with Gasteiger partial charge in [-0.25, -0.2) is 9.97 Å². The van der Waals surface area contributed by atoms with E-state index in [1.807, 2.05) is 49.4 Å². The molecule has 7 heteroatoms. The number of anilines is 1. The number of ether oxygens (including phenoxy) is 1. The van der Waals surface area contributed by atoms with Crippen molar-refractivity contribution >= 4 is 45.4 Å². The summed E-state index contributed by atoms with van der Waals surface area (Å²) in [5.41, 5.74) is 2.87. The van der Waals surface area contributed by atoms with Gasteiger partial charge in [-0.1, -0.05) is 36.9 Å². The van der Waals surface area contributed by atoms with Gasteiger partial charge in [-0.05, 0) is 24.3 Å². The summed E-state index contributed by atoms with van der Waals surface area (Å²) in [7, 11) is 1.59. The van der Waals surface area contributed by atoms with Gasteiger partial charge in [0.05, 0.1) is 12.9 Å². The standard InChI is InChI=1S/C21H19N3O3S/c1-3-17-23-19-15-9-4-5-10-16(15)27-20(19)21(24-17)28-12-18(25)22-13-7-6-8-14(11-13)26-2/h4-11H,3,12H2,1-2H3,(H,22,25). The summed E-state index contributed by atoms with van der Waals surface area (Å²) in [6, 6.07) is 15.0. The number of carbonyl (C=O) groups is 1. The number of thioether (sulfide) groups is 1. The van der Waals surface area contributed by atoms with Gasteiger partial charge in [0, 0.05) is 23.6 Å². The molecule has 0 aliphatic carbocycles. The van der Waals surface area contributed by atoms with Gasteiger partial charge in [0.1, 0.15) is 27.7 Å². The maximum atomic E-state index is 12.4. The third-order valence-electron chi connectivity index (χ3n) is 4.24. The molecule has 4 rings (SSSR count). The molecule has 0 saturated carbocycles. The first-order valence-electron chi connectivity index (χ1n) is 8.92. The van der Waals surface area contributed by atoms with E-state index >= 15 is 0 Å². The minimum absolute atomic E-state index is 0.126. The Kier molecular flexibility index (Phi) is 5.16. The molecule has 1 amide bonds. The lowest BCUT2D eigenvalue weighted by atomic mass is 10.2. The van der Waals surface area contributed by atoms with Gasteiger partial charge in [0.15, 0.2) is 5.58 Å². The fourth-order valence-corrected chi connectivity index (χ4v) is 3.68. The zero-order valence-corrected chi connectivity index (χ0v) is 16.4. The average molecular weight is 393 g/mol. The minimum atomic E-state index is -0.126. The molecule has 142 valence electrons. The molecule has 0 atom stereocenters. The second-order valence-electron chi connectivity index (χ2n) is 6.14. The zero-order chi connectivity index (χ0) is 19.5. The first kappa shape index (κ1) is 18.3. The van der Waals surface area contributed by atoms with Crippen LogP contribution < -0.4 is 10.1 Å². The van der Waals surface area contributed by atoms with Crippen LogP contribution in [0.1, 0.15) is 12.7 Å². The number of aryl methyl sites for hydroxylation is 1. The SMILES string of the molecule is CCc1nc(SCC(=O)Nc2cccc(OC)c2)c2oc3ccccc3c2n1. The largest absolute Gasteiger partial charge is 0.497 e. The van der Waals surface area contributed by atoms with Crippen molar-refractivity contribution in [3.05, 3.63) is 54.4 Å². The molecule has 28 heavy (non-hydrogen) atoms. The number of para-hydroxylation sites is 1. The highest BCUT2D eigenvalue weighted by Gasteiger charge is 2.16. The van der Waals surface area contributed by atoms with Crippen LogP contribution in [0.4, 0.5) is 5.69 Å². The van der Waals surface area contributed by atoms with Crippen LogP contribution >= 0.6 is 11.8 Å². The molecular weight excluding hydrogens is 374 g/mol. The number of hydrogen-bond acceptors (Lipinski definition) is 6. The number of furan rings is 1. The summed E-state index contributed by atoms with van der Waals surface area (Å²) in [5.74, 6) is 1.51. The lowest BCUT2D eigenvalue weighted by Gasteiger charge is -2.07. The topological polar surface area (TPSA) is 77.2 Å². The van der Waals surface area contributed by atoms with Crippen molar-refractivity contribution in [1.82, 2.24) is 9.97 Å². The predicted molar refractivity (Wildman–Crippen MR) is 111 cm³/mol. The molecule has 0 unspecified atom stereocenters.